The zero-order valence-electron chi connectivity index (χ0n) is 13.6. The van der Waals surface area contributed by atoms with E-state index in [2.05, 4.69) is 0 Å². The average Bonchev–Trinajstić information content (AvgIpc) is 2.49. The number of sulfonamides is 1. The fourth-order valence-electron chi connectivity index (χ4n) is 2.50. The van der Waals surface area contributed by atoms with Crippen molar-refractivity contribution < 1.29 is 8.42 Å². The van der Waals surface area contributed by atoms with E-state index < -0.39 is 10.0 Å². The van der Waals surface area contributed by atoms with Crippen LogP contribution in [0.1, 0.15) is 29.2 Å². The minimum absolute atomic E-state index is 0.395. The SMILES string of the molecule is CCN(Cc1ccccc1)S(=O)(=O)c1cc(C)c(C)cc1C. The molecule has 0 fully saturated rings. The fraction of sp³-hybridized carbons (Fsp3) is 0.333. The summed E-state index contributed by atoms with van der Waals surface area (Å²) in [6.07, 6.45) is 0. The molecule has 0 aliphatic carbocycles. The van der Waals surface area contributed by atoms with Gasteiger partial charge in [-0.1, -0.05) is 43.3 Å². The highest BCUT2D eigenvalue weighted by molar-refractivity contribution is 7.89. The van der Waals surface area contributed by atoms with Gasteiger partial charge in [0.1, 0.15) is 0 Å². The molecule has 0 spiro atoms. The molecule has 0 amide bonds. The van der Waals surface area contributed by atoms with E-state index in [1.165, 1.54) is 4.31 Å². The number of benzene rings is 2. The zero-order chi connectivity index (χ0) is 16.3. The topological polar surface area (TPSA) is 37.4 Å². The molecule has 0 aliphatic rings. The normalized spacial score (nSPS) is 11.9. The molecule has 3 nitrogen and oxygen atoms in total. The lowest BCUT2D eigenvalue weighted by molar-refractivity contribution is 0.423. The van der Waals surface area contributed by atoms with Gasteiger partial charge < -0.3 is 0 Å². The zero-order valence-corrected chi connectivity index (χ0v) is 14.4. The van der Waals surface area contributed by atoms with Crippen LogP contribution in [-0.2, 0) is 16.6 Å². The number of nitrogens with zero attached hydrogens (tertiary/aromatic N) is 1. The molecule has 2 aromatic rings. The molecule has 4 heteroatoms. The lowest BCUT2D eigenvalue weighted by Crippen LogP contribution is -2.31. The highest BCUT2D eigenvalue weighted by Gasteiger charge is 2.25. The number of aryl methyl sites for hydroxylation is 3. The van der Waals surface area contributed by atoms with Gasteiger partial charge in [-0.05, 0) is 49.1 Å². The van der Waals surface area contributed by atoms with Crippen molar-refractivity contribution in [2.75, 3.05) is 6.54 Å². The summed E-state index contributed by atoms with van der Waals surface area (Å²) < 4.78 is 27.5. The van der Waals surface area contributed by atoms with Crippen molar-refractivity contribution in [2.24, 2.45) is 0 Å². The van der Waals surface area contributed by atoms with Crippen molar-refractivity contribution in [3.63, 3.8) is 0 Å². The number of hydrogen-bond donors (Lipinski definition) is 0. The van der Waals surface area contributed by atoms with Crippen molar-refractivity contribution >= 4 is 10.0 Å². The Hall–Kier alpha value is -1.65. The molecule has 0 N–H and O–H groups in total. The van der Waals surface area contributed by atoms with Crippen LogP contribution < -0.4 is 0 Å². The molecule has 0 saturated carbocycles. The van der Waals surface area contributed by atoms with E-state index in [1.807, 2.05) is 64.1 Å². The maximum atomic E-state index is 13.0. The average molecular weight is 317 g/mol. The minimum atomic E-state index is -3.49. The summed E-state index contributed by atoms with van der Waals surface area (Å²) in [5, 5.41) is 0. The molecule has 0 aromatic heterocycles. The van der Waals surface area contributed by atoms with E-state index in [0.29, 0.717) is 18.0 Å². The minimum Gasteiger partial charge on any atom is -0.207 e. The van der Waals surface area contributed by atoms with Crippen molar-refractivity contribution in [1.82, 2.24) is 4.31 Å². The molecule has 22 heavy (non-hydrogen) atoms. The summed E-state index contributed by atoms with van der Waals surface area (Å²) in [5.41, 5.74) is 3.91. The molecule has 0 heterocycles. The van der Waals surface area contributed by atoms with Crippen LogP contribution in [0.25, 0.3) is 0 Å². The first-order valence-electron chi connectivity index (χ1n) is 7.48. The van der Waals surface area contributed by atoms with Crippen LogP contribution in [0.2, 0.25) is 0 Å². The van der Waals surface area contributed by atoms with E-state index in [0.717, 1.165) is 22.3 Å². The van der Waals surface area contributed by atoms with Gasteiger partial charge in [0, 0.05) is 13.1 Å². The molecule has 2 rings (SSSR count). The Morgan fingerprint density at radius 1 is 0.909 bits per heavy atom. The second-order valence-electron chi connectivity index (χ2n) is 5.62. The van der Waals surface area contributed by atoms with E-state index in [9.17, 15) is 8.42 Å². The van der Waals surface area contributed by atoms with E-state index in [4.69, 9.17) is 0 Å². The molecule has 0 saturated heterocycles. The summed E-state index contributed by atoms with van der Waals surface area (Å²) in [7, 11) is -3.49. The Morgan fingerprint density at radius 2 is 1.50 bits per heavy atom. The van der Waals surface area contributed by atoms with Crippen molar-refractivity contribution in [3.05, 3.63) is 64.7 Å². The molecule has 0 radical (unpaired) electrons. The van der Waals surface area contributed by atoms with Crippen LogP contribution in [0.5, 0.6) is 0 Å². The molecule has 0 atom stereocenters. The predicted molar refractivity (Wildman–Crippen MR) is 90.4 cm³/mol. The Kier molecular flexibility index (Phi) is 5.04. The van der Waals surface area contributed by atoms with Crippen LogP contribution in [0.4, 0.5) is 0 Å². The first kappa shape index (κ1) is 16.7. The summed E-state index contributed by atoms with van der Waals surface area (Å²) >= 11 is 0. The predicted octanol–water partition coefficient (Wildman–Crippen LogP) is 3.82. The first-order chi connectivity index (χ1) is 10.4. The Morgan fingerprint density at radius 3 is 2.09 bits per heavy atom. The van der Waals surface area contributed by atoms with Crippen LogP contribution >= 0.6 is 0 Å². The second-order valence-corrected chi connectivity index (χ2v) is 7.53. The van der Waals surface area contributed by atoms with Crippen LogP contribution in [-0.4, -0.2) is 19.3 Å². The summed E-state index contributed by atoms with van der Waals surface area (Å²) in [4.78, 5) is 0.411. The standard InChI is InChI=1S/C18H23NO2S/c1-5-19(13-17-9-7-6-8-10-17)22(20,21)18-12-15(3)14(2)11-16(18)4/h6-12H,5,13H2,1-4H3. The van der Waals surface area contributed by atoms with Gasteiger partial charge in [0.05, 0.1) is 4.90 Å². The Bertz CT molecular complexity index is 752. The quantitative estimate of drug-likeness (QED) is 0.840. The van der Waals surface area contributed by atoms with E-state index in [1.54, 1.807) is 6.07 Å². The highest BCUT2D eigenvalue weighted by atomic mass is 32.2. The highest BCUT2D eigenvalue weighted by Crippen LogP contribution is 2.24. The van der Waals surface area contributed by atoms with E-state index in [-0.39, 0.29) is 0 Å². The Labute approximate surface area is 133 Å². The molecular formula is C18H23NO2S. The third kappa shape index (κ3) is 3.39. The van der Waals surface area contributed by atoms with Gasteiger partial charge in [-0.15, -0.1) is 0 Å². The third-order valence-corrected chi connectivity index (χ3v) is 6.03. The van der Waals surface area contributed by atoms with Crippen LogP contribution in [0.3, 0.4) is 0 Å². The monoisotopic (exact) mass is 317 g/mol. The molecular weight excluding hydrogens is 294 g/mol. The summed E-state index contributed by atoms with van der Waals surface area (Å²) in [6.45, 7) is 8.52. The lowest BCUT2D eigenvalue weighted by Gasteiger charge is -2.22. The second kappa shape index (κ2) is 6.63. The fourth-order valence-corrected chi connectivity index (χ4v) is 4.23. The third-order valence-electron chi connectivity index (χ3n) is 3.96. The number of hydrogen-bond acceptors (Lipinski definition) is 2. The van der Waals surface area contributed by atoms with Crippen molar-refractivity contribution in [3.8, 4) is 0 Å². The molecule has 0 bridgehead atoms. The smallest absolute Gasteiger partial charge is 0.207 e. The molecule has 118 valence electrons. The van der Waals surface area contributed by atoms with Crippen molar-refractivity contribution in [1.29, 1.82) is 0 Å². The molecule has 2 aromatic carbocycles. The van der Waals surface area contributed by atoms with Gasteiger partial charge in [-0.2, -0.15) is 4.31 Å². The van der Waals surface area contributed by atoms with Crippen LogP contribution in [0, 0.1) is 20.8 Å². The van der Waals surface area contributed by atoms with Gasteiger partial charge in [-0.25, -0.2) is 8.42 Å². The van der Waals surface area contributed by atoms with E-state index >= 15 is 0 Å². The maximum absolute atomic E-state index is 13.0. The number of rotatable bonds is 5. The van der Waals surface area contributed by atoms with Gasteiger partial charge >= 0.3 is 0 Å². The molecule has 0 unspecified atom stereocenters. The van der Waals surface area contributed by atoms with Gasteiger partial charge in [0.15, 0.2) is 0 Å². The first-order valence-corrected chi connectivity index (χ1v) is 8.92. The summed E-state index contributed by atoms with van der Waals surface area (Å²) in [6, 6.07) is 13.4. The van der Waals surface area contributed by atoms with Gasteiger partial charge in [-0.3, -0.25) is 0 Å². The summed E-state index contributed by atoms with van der Waals surface area (Å²) in [5.74, 6) is 0. The largest absolute Gasteiger partial charge is 0.243 e. The van der Waals surface area contributed by atoms with Gasteiger partial charge in [0.2, 0.25) is 10.0 Å². The maximum Gasteiger partial charge on any atom is 0.243 e. The van der Waals surface area contributed by atoms with Gasteiger partial charge in [0.25, 0.3) is 0 Å². The Balaban J connectivity index is 2.41. The lowest BCUT2D eigenvalue weighted by atomic mass is 10.1. The van der Waals surface area contributed by atoms with Crippen molar-refractivity contribution in [2.45, 2.75) is 39.1 Å². The molecule has 0 aliphatic heterocycles. The van der Waals surface area contributed by atoms with Crippen LogP contribution in [0.15, 0.2) is 47.4 Å².